The zero-order chi connectivity index (χ0) is 14.3. The Balaban J connectivity index is 1.92. The molecule has 1 atom stereocenters. The van der Waals surface area contributed by atoms with Crippen LogP contribution in [0.1, 0.15) is 30.8 Å². The molecule has 0 aliphatic carbocycles. The van der Waals surface area contributed by atoms with E-state index in [2.05, 4.69) is 21.6 Å². The van der Waals surface area contributed by atoms with Crippen molar-refractivity contribution in [2.75, 3.05) is 0 Å². The van der Waals surface area contributed by atoms with Crippen LogP contribution in [0.2, 0.25) is 0 Å². The third-order valence-corrected chi connectivity index (χ3v) is 4.00. The van der Waals surface area contributed by atoms with E-state index in [0.29, 0.717) is 0 Å². The molecule has 6 heteroatoms. The van der Waals surface area contributed by atoms with Gasteiger partial charge in [-0.05, 0) is 44.6 Å². The Morgan fingerprint density at radius 1 is 1.50 bits per heavy atom. The van der Waals surface area contributed by atoms with E-state index in [1.165, 1.54) is 0 Å². The number of imidazole rings is 1. The summed E-state index contributed by atoms with van der Waals surface area (Å²) < 4.78 is 10.2. The molecule has 0 spiro atoms. The normalized spacial score (nSPS) is 13.2. The summed E-state index contributed by atoms with van der Waals surface area (Å²) in [4.78, 5) is 3.26. The summed E-state index contributed by atoms with van der Waals surface area (Å²) >= 11 is 5.46. The average molecular weight is 290 g/mol. The van der Waals surface area contributed by atoms with Gasteiger partial charge in [-0.15, -0.1) is 0 Å². The van der Waals surface area contributed by atoms with E-state index in [-0.39, 0.29) is 6.04 Å². The largest absolute Gasteiger partial charge is 0.469 e. The first-order valence-electron chi connectivity index (χ1n) is 6.74. The SMILES string of the molecule is Cc1nn(C)c2c1[nH]c(=S)n2C(C)CCc1ccco1. The van der Waals surface area contributed by atoms with Crippen LogP contribution >= 0.6 is 12.2 Å². The zero-order valence-corrected chi connectivity index (χ0v) is 12.7. The molecule has 0 saturated heterocycles. The molecule has 0 aromatic carbocycles. The van der Waals surface area contributed by atoms with E-state index >= 15 is 0 Å². The molecular weight excluding hydrogens is 272 g/mol. The van der Waals surface area contributed by atoms with Gasteiger partial charge >= 0.3 is 0 Å². The highest BCUT2D eigenvalue weighted by atomic mass is 32.1. The van der Waals surface area contributed by atoms with Gasteiger partial charge in [0, 0.05) is 19.5 Å². The monoisotopic (exact) mass is 290 g/mol. The maximum atomic E-state index is 5.46. The molecule has 5 nitrogen and oxygen atoms in total. The molecule has 1 unspecified atom stereocenters. The van der Waals surface area contributed by atoms with Gasteiger partial charge in [-0.25, -0.2) is 0 Å². The Morgan fingerprint density at radius 2 is 2.30 bits per heavy atom. The molecule has 3 aromatic heterocycles. The van der Waals surface area contributed by atoms with Gasteiger partial charge < -0.3 is 9.40 Å². The lowest BCUT2D eigenvalue weighted by Crippen LogP contribution is -2.09. The van der Waals surface area contributed by atoms with Crippen LogP contribution in [0.4, 0.5) is 0 Å². The first-order valence-corrected chi connectivity index (χ1v) is 7.15. The first-order chi connectivity index (χ1) is 9.58. The third-order valence-electron chi connectivity index (χ3n) is 3.70. The number of H-pyrrole nitrogens is 1. The summed E-state index contributed by atoms with van der Waals surface area (Å²) in [6.45, 7) is 4.17. The molecule has 3 aromatic rings. The van der Waals surface area contributed by atoms with E-state index in [9.17, 15) is 0 Å². The number of nitrogens with one attached hydrogen (secondary N) is 1. The van der Waals surface area contributed by atoms with Crippen molar-refractivity contribution in [2.45, 2.75) is 32.7 Å². The highest BCUT2D eigenvalue weighted by Gasteiger charge is 2.17. The lowest BCUT2D eigenvalue weighted by atomic mass is 10.1. The number of hydrogen-bond acceptors (Lipinski definition) is 3. The van der Waals surface area contributed by atoms with Crippen molar-refractivity contribution in [1.29, 1.82) is 0 Å². The van der Waals surface area contributed by atoms with Crippen molar-refractivity contribution in [3.8, 4) is 0 Å². The molecule has 0 aliphatic heterocycles. The summed E-state index contributed by atoms with van der Waals surface area (Å²) in [5.74, 6) is 1.01. The summed E-state index contributed by atoms with van der Waals surface area (Å²) in [6, 6.07) is 4.22. The first kappa shape index (κ1) is 13.2. The van der Waals surface area contributed by atoms with Crippen molar-refractivity contribution in [1.82, 2.24) is 19.3 Å². The second-order valence-electron chi connectivity index (χ2n) is 5.17. The molecule has 0 saturated carbocycles. The standard InChI is InChI=1S/C14H18N4OS/c1-9(6-7-11-5-4-8-19-11)18-13-12(15-14(18)20)10(2)16-17(13)3/h4-5,8-9H,6-7H2,1-3H3,(H,15,20). The van der Waals surface area contributed by atoms with Gasteiger partial charge in [-0.3, -0.25) is 9.25 Å². The molecule has 0 fully saturated rings. The third kappa shape index (κ3) is 2.10. The molecule has 0 radical (unpaired) electrons. The second kappa shape index (κ2) is 4.94. The van der Waals surface area contributed by atoms with Crippen molar-refractivity contribution in [3.05, 3.63) is 34.6 Å². The van der Waals surface area contributed by atoms with Crippen LogP contribution in [0, 0.1) is 11.7 Å². The van der Waals surface area contributed by atoms with Gasteiger partial charge in [0.05, 0.1) is 12.0 Å². The van der Waals surface area contributed by atoms with Crippen molar-refractivity contribution < 1.29 is 4.42 Å². The van der Waals surface area contributed by atoms with E-state index in [1.807, 2.05) is 30.8 Å². The Kier molecular flexibility index (Phi) is 3.25. The molecular formula is C14H18N4OS. The summed E-state index contributed by atoms with van der Waals surface area (Å²) in [6.07, 6.45) is 3.59. The zero-order valence-electron chi connectivity index (χ0n) is 11.9. The maximum absolute atomic E-state index is 5.46. The van der Waals surface area contributed by atoms with Crippen molar-refractivity contribution in [3.63, 3.8) is 0 Å². The van der Waals surface area contributed by atoms with Gasteiger partial charge in [-0.1, -0.05) is 0 Å². The fourth-order valence-corrected chi connectivity index (χ4v) is 3.04. The van der Waals surface area contributed by atoms with Gasteiger partial charge in [0.1, 0.15) is 11.3 Å². The summed E-state index contributed by atoms with van der Waals surface area (Å²) in [7, 11) is 1.95. The highest BCUT2D eigenvalue weighted by molar-refractivity contribution is 7.71. The molecule has 106 valence electrons. The predicted octanol–water partition coefficient (Wildman–Crippen LogP) is 3.53. The minimum Gasteiger partial charge on any atom is -0.469 e. The molecule has 20 heavy (non-hydrogen) atoms. The van der Waals surface area contributed by atoms with Gasteiger partial charge in [0.2, 0.25) is 0 Å². The van der Waals surface area contributed by atoms with Crippen LogP contribution in [0.15, 0.2) is 22.8 Å². The molecule has 1 N–H and O–H groups in total. The van der Waals surface area contributed by atoms with Gasteiger partial charge in [0.15, 0.2) is 10.4 Å². The van der Waals surface area contributed by atoms with Crippen LogP contribution < -0.4 is 0 Å². The maximum Gasteiger partial charge on any atom is 0.179 e. The number of furan rings is 1. The van der Waals surface area contributed by atoms with Crippen LogP contribution in [0.25, 0.3) is 11.2 Å². The predicted molar refractivity (Wildman–Crippen MR) is 80.4 cm³/mol. The Morgan fingerprint density at radius 3 is 3.00 bits per heavy atom. The van der Waals surface area contributed by atoms with Crippen LogP contribution in [-0.4, -0.2) is 19.3 Å². The number of aryl methyl sites for hydroxylation is 3. The molecule has 0 aliphatic rings. The Labute approximate surface area is 122 Å². The summed E-state index contributed by atoms with van der Waals surface area (Å²) in [5, 5.41) is 4.44. The summed E-state index contributed by atoms with van der Waals surface area (Å²) in [5.41, 5.74) is 3.06. The number of aromatic nitrogens is 4. The lowest BCUT2D eigenvalue weighted by molar-refractivity contribution is 0.452. The smallest absolute Gasteiger partial charge is 0.179 e. The number of hydrogen-bond donors (Lipinski definition) is 1. The topological polar surface area (TPSA) is 51.7 Å². The molecule has 3 heterocycles. The highest BCUT2D eigenvalue weighted by Crippen LogP contribution is 2.24. The molecule has 0 amide bonds. The Bertz CT molecular complexity index is 778. The second-order valence-corrected chi connectivity index (χ2v) is 5.56. The fraction of sp³-hybridized carbons (Fsp3) is 0.429. The van der Waals surface area contributed by atoms with Crippen molar-refractivity contribution >= 4 is 23.4 Å². The van der Waals surface area contributed by atoms with Crippen LogP contribution in [-0.2, 0) is 13.5 Å². The average Bonchev–Trinajstić information content (AvgIpc) is 3.07. The van der Waals surface area contributed by atoms with E-state index in [0.717, 1.165) is 40.2 Å². The minimum atomic E-state index is 0.288. The molecule has 0 bridgehead atoms. The number of aromatic amines is 1. The van der Waals surface area contributed by atoms with Crippen LogP contribution in [0.5, 0.6) is 0 Å². The van der Waals surface area contributed by atoms with Crippen LogP contribution in [0.3, 0.4) is 0 Å². The van der Waals surface area contributed by atoms with E-state index in [4.69, 9.17) is 16.6 Å². The van der Waals surface area contributed by atoms with Crippen molar-refractivity contribution in [2.24, 2.45) is 7.05 Å². The fourth-order valence-electron chi connectivity index (χ4n) is 2.68. The van der Waals surface area contributed by atoms with E-state index < -0.39 is 0 Å². The van der Waals surface area contributed by atoms with Gasteiger partial charge in [-0.2, -0.15) is 5.10 Å². The number of rotatable bonds is 4. The Hall–Kier alpha value is -1.82. The minimum absolute atomic E-state index is 0.288. The number of nitrogens with zero attached hydrogens (tertiary/aromatic N) is 3. The van der Waals surface area contributed by atoms with Gasteiger partial charge in [0.25, 0.3) is 0 Å². The molecule has 3 rings (SSSR count). The number of fused-ring (bicyclic) bond motifs is 1. The quantitative estimate of drug-likeness (QED) is 0.748. The lowest BCUT2D eigenvalue weighted by Gasteiger charge is -2.13. The van der Waals surface area contributed by atoms with E-state index in [1.54, 1.807) is 6.26 Å².